The van der Waals surface area contributed by atoms with Crippen LogP contribution in [-0.4, -0.2) is 37.7 Å². The number of thiazole rings is 1. The Bertz CT molecular complexity index is 1650. The molecule has 1 aromatic carbocycles. The largest absolute Gasteiger partial charge is 0.356 e. The number of rotatable bonds is 8. The Kier molecular flexibility index (Phi) is 7.78. The van der Waals surface area contributed by atoms with Crippen LogP contribution in [0.4, 0.5) is 5.82 Å². The highest BCUT2D eigenvalue weighted by Gasteiger charge is 2.30. The van der Waals surface area contributed by atoms with Crippen LogP contribution in [0.1, 0.15) is 31.2 Å². The summed E-state index contributed by atoms with van der Waals surface area (Å²) in [5.41, 5.74) is 0.746. The summed E-state index contributed by atoms with van der Waals surface area (Å²) in [5.74, 6) is -0.582. The van der Waals surface area contributed by atoms with Gasteiger partial charge in [-0.05, 0) is 57.2 Å². The van der Waals surface area contributed by atoms with Gasteiger partial charge in [-0.3, -0.25) is 19.2 Å². The van der Waals surface area contributed by atoms with Crippen LogP contribution in [0, 0.1) is 5.92 Å². The molecule has 2 N–H and O–H groups in total. The first-order valence-corrected chi connectivity index (χ1v) is 14.6. The summed E-state index contributed by atoms with van der Waals surface area (Å²) in [6.45, 7) is 2.62. The number of pyridine rings is 1. The van der Waals surface area contributed by atoms with Gasteiger partial charge in [0.05, 0.1) is 34.2 Å². The predicted octanol–water partition coefficient (Wildman–Crippen LogP) is 3.81. The molecule has 2 amide bonds. The summed E-state index contributed by atoms with van der Waals surface area (Å²) in [4.78, 5) is 59.6. The normalized spacial score (nSPS) is 13.2. The highest BCUT2D eigenvalue weighted by Crippen LogP contribution is 2.34. The van der Waals surface area contributed by atoms with Gasteiger partial charge in [0.2, 0.25) is 11.8 Å². The van der Waals surface area contributed by atoms with Gasteiger partial charge in [0.25, 0.3) is 11.1 Å². The van der Waals surface area contributed by atoms with Gasteiger partial charge in [0, 0.05) is 18.4 Å². The average Bonchev–Trinajstić information content (AvgIpc) is 3.55. The molecule has 4 heterocycles. The molecule has 13 heteroatoms. The number of nitrogens with zero attached hydrogens (tertiary/aromatic N) is 4. The Hall–Kier alpha value is -2.90. The first-order chi connectivity index (χ1) is 18.3. The van der Waals surface area contributed by atoms with Crippen molar-refractivity contribution < 1.29 is 9.59 Å². The Morgan fingerprint density at radius 3 is 2.45 bits per heavy atom. The zero-order chi connectivity index (χ0) is 27.0. The van der Waals surface area contributed by atoms with Crippen LogP contribution in [0.25, 0.3) is 21.1 Å². The molecule has 0 fully saturated rings. The van der Waals surface area contributed by atoms with E-state index in [1.54, 1.807) is 11.3 Å². The maximum atomic E-state index is 12.7. The van der Waals surface area contributed by atoms with Crippen molar-refractivity contribution in [3.8, 4) is 0 Å². The van der Waals surface area contributed by atoms with Gasteiger partial charge in [0.15, 0.2) is 5.82 Å². The summed E-state index contributed by atoms with van der Waals surface area (Å²) >= 11 is 7.87. The molecule has 1 aliphatic heterocycles. The highest BCUT2D eigenvalue weighted by molar-refractivity contribution is 9.13. The summed E-state index contributed by atoms with van der Waals surface area (Å²) in [5, 5.41) is 7.75. The molecule has 4 aromatic rings. The molecule has 38 heavy (non-hydrogen) atoms. The zero-order valence-corrected chi connectivity index (χ0v) is 24.4. The lowest BCUT2D eigenvalue weighted by molar-refractivity contribution is -0.125. The van der Waals surface area contributed by atoms with E-state index in [-0.39, 0.29) is 57.9 Å². The van der Waals surface area contributed by atoms with Crippen molar-refractivity contribution in [2.75, 3.05) is 11.9 Å². The van der Waals surface area contributed by atoms with Gasteiger partial charge in [-0.25, -0.2) is 19.3 Å². The van der Waals surface area contributed by atoms with Gasteiger partial charge in [-0.1, -0.05) is 25.1 Å². The van der Waals surface area contributed by atoms with Crippen LogP contribution in [0.3, 0.4) is 0 Å². The summed E-state index contributed by atoms with van der Waals surface area (Å²) in [6, 6.07) is 7.81. The number of para-hydroxylation sites is 1. The number of aromatic nitrogens is 4. The average molecular weight is 664 g/mol. The second-order valence-electron chi connectivity index (χ2n) is 9.06. The topological polar surface area (TPSA) is 128 Å². The second-order valence-corrected chi connectivity index (χ2v) is 11.7. The maximum Gasteiger partial charge on any atom is 0.280 e. The lowest BCUT2D eigenvalue weighted by atomic mass is 10.1. The number of aryl methyl sites for hydroxylation is 1. The van der Waals surface area contributed by atoms with Crippen LogP contribution in [0.2, 0.25) is 0 Å². The van der Waals surface area contributed by atoms with E-state index in [2.05, 4.69) is 54.4 Å². The van der Waals surface area contributed by atoms with Gasteiger partial charge >= 0.3 is 0 Å². The summed E-state index contributed by atoms with van der Waals surface area (Å²) in [6.07, 6.45) is 2.45. The molecular formula is C25H24Br2N6O4S. The molecule has 5 rings (SSSR count). The fourth-order valence-corrected chi connectivity index (χ4v) is 6.44. The van der Waals surface area contributed by atoms with Gasteiger partial charge in [-0.15, -0.1) is 11.3 Å². The molecule has 0 unspecified atom stereocenters. The lowest BCUT2D eigenvalue weighted by Gasteiger charge is -2.10. The number of nitrogens with one attached hydrogen (secondary N) is 2. The number of anilines is 1. The quantitative estimate of drug-likeness (QED) is 0.276. The molecule has 198 valence electrons. The van der Waals surface area contributed by atoms with Crippen molar-refractivity contribution in [2.45, 2.75) is 45.7 Å². The fourth-order valence-electron chi connectivity index (χ4n) is 4.49. The molecule has 0 saturated carbocycles. The number of halogens is 2. The van der Waals surface area contributed by atoms with Crippen molar-refractivity contribution in [2.24, 2.45) is 5.92 Å². The monoisotopic (exact) mass is 662 g/mol. The van der Waals surface area contributed by atoms with Crippen LogP contribution in [-0.2, 0) is 29.1 Å². The van der Waals surface area contributed by atoms with E-state index in [0.717, 1.165) is 33.5 Å². The number of amides is 2. The number of fused-ring (bicyclic) bond motifs is 4. The van der Waals surface area contributed by atoms with Gasteiger partial charge in [-0.2, -0.15) is 0 Å². The van der Waals surface area contributed by atoms with E-state index in [1.807, 2.05) is 24.3 Å². The minimum absolute atomic E-state index is 0.115. The van der Waals surface area contributed by atoms with Crippen LogP contribution in [0.5, 0.6) is 0 Å². The SMILES string of the molecule is CCCc1nc2c(NC(=O)CCCNC(=O)C3Cn4c(=O)c(Br)c(Br)c(=O)n4C3)nc3ccccc3c2s1. The van der Waals surface area contributed by atoms with E-state index in [1.165, 1.54) is 9.36 Å². The number of carbonyl (C=O) groups is 2. The Morgan fingerprint density at radius 1 is 1.08 bits per heavy atom. The van der Waals surface area contributed by atoms with Crippen molar-refractivity contribution >= 4 is 81.9 Å². The van der Waals surface area contributed by atoms with E-state index < -0.39 is 5.92 Å². The highest BCUT2D eigenvalue weighted by atomic mass is 79.9. The molecule has 10 nitrogen and oxygen atoms in total. The van der Waals surface area contributed by atoms with E-state index in [0.29, 0.717) is 17.8 Å². The molecular weight excluding hydrogens is 640 g/mol. The number of hydrogen-bond donors (Lipinski definition) is 2. The molecule has 0 aliphatic carbocycles. The molecule has 1 aliphatic rings. The Balaban J connectivity index is 1.19. The third kappa shape index (κ3) is 5.06. The summed E-state index contributed by atoms with van der Waals surface area (Å²) in [7, 11) is 0. The first kappa shape index (κ1) is 26.7. The maximum absolute atomic E-state index is 12.7. The first-order valence-electron chi connectivity index (χ1n) is 12.2. The Morgan fingerprint density at radius 2 is 1.76 bits per heavy atom. The molecule has 0 radical (unpaired) electrons. The van der Waals surface area contributed by atoms with E-state index >= 15 is 0 Å². The van der Waals surface area contributed by atoms with Gasteiger partial charge in [0.1, 0.15) is 14.5 Å². The lowest BCUT2D eigenvalue weighted by Crippen LogP contribution is -2.35. The van der Waals surface area contributed by atoms with Crippen molar-refractivity contribution in [3.05, 3.63) is 58.9 Å². The molecule has 0 spiro atoms. The number of benzene rings is 1. The molecule has 0 saturated heterocycles. The van der Waals surface area contributed by atoms with Crippen molar-refractivity contribution in [1.29, 1.82) is 0 Å². The van der Waals surface area contributed by atoms with Crippen molar-refractivity contribution in [1.82, 2.24) is 24.6 Å². The minimum atomic E-state index is -0.549. The zero-order valence-electron chi connectivity index (χ0n) is 20.4. The van der Waals surface area contributed by atoms with E-state index in [9.17, 15) is 19.2 Å². The number of carbonyl (C=O) groups excluding carboxylic acids is 2. The summed E-state index contributed by atoms with van der Waals surface area (Å²) < 4.78 is 3.84. The van der Waals surface area contributed by atoms with E-state index in [4.69, 9.17) is 4.98 Å². The molecule has 0 bridgehead atoms. The predicted molar refractivity (Wildman–Crippen MR) is 154 cm³/mol. The third-order valence-electron chi connectivity index (χ3n) is 6.36. The van der Waals surface area contributed by atoms with Crippen LogP contribution < -0.4 is 21.8 Å². The molecule has 3 aromatic heterocycles. The standard InChI is InChI=1S/C25H24Br2N6O4S/c1-2-6-17-31-20-21(38-17)14-7-3-4-8-15(14)29-22(20)30-16(34)9-5-10-28-23(35)13-11-32-24(36)18(26)19(27)25(37)33(32)12-13/h3-4,7-8,13H,2,5-6,9-12H2,1H3,(H,28,35)(H,29,30,34). The number of hydrogen-bond acceptors (Lipinski definition) is 7. The Labute approximate surface area is 237 Å². The smallest absolute Gasteiger partial charge is 0.280 e. The van der Waals surface area contributed by atoms with Gasteiger partial charge < -0.3 is 10.6 Å². The third-order valence-corrected chi connectivity index (χ3v) is 9.52. The molecule has 0 atom stereocenters. The van der Waals surface area contributed by atoms with Crippen LogP contribution in [0.15, 0.2) is 42.8 Å². The fraction of sp³-hybridized carbons (Fsp3) is 0.360. The second kappa shape index (κ2) is 11.1. The van der Waals surface area contributed by atoms with Crippen LogP contribution >= 0.6 is 43.2 Å². The minimum Gasteiger partial charge on any atom is -0.356 e. The van der Waals surface area contributed by atoms with Crippen molar-refractivity contribution in [3.63, 3.8) is 0 Å².